The van der Waals surface area contributed by atoms with Gasteiger partial charge in [0, 0.05) is 6.61 Å². The van der Waals surface area contributed by atoms with Gasteiger partial charge in [0.1, 0.15) is 12.4 Å². The summed E-state index contributed by atoms with van der Waals surface area (Å²) in [7, 11) is 0. The highest BCUT2D eigenvalue weighted by Crippen LogP contribution is 2.34. The minimum atomic E-state index is -4.75. The molecule has 0 amide bonds. The van der Waals surface area contributed by atoms with Crippen molar-refractivity contribution in [2.45, 2.75) is 20.0 Å². The first-order valence-electron chi connectivity index (χ1n) is 6.37. The zero-order chi connectivity index (χ0) is 16.0. The van der Waals surface area contributed by atoms with Gasteiger partial charge in [0.25, 0.3) is 0 Å². The van der Waals surface area contributed by atoms with Crippen LogP contribution < -0.4 is 4.74 Å². The van der Waals surface area contributed by atoms with Crippen LogP contribution in [0.2, 0.25) is 0 Å². The summed E-state index contributed by atoms with van der Waals surface area (Å²) < 4.78 is 48.7. The van der Waals surface area contributed by atoms with E-state index in [1.54, 1.807) is 0 Å². The van der Waals surface area contributed by atoms with E-state index in [1.807, 2.05) is 13.8 Å². The Hall–Kier alpha value is -1.76. The van der Waals surface area contributed by atoms with Crippen LogP contribution in [0.3, 0.4) is 0 Å². The van der Waals surface area contributed by atoms with Gasteiger partial charge in [-0.05, 0) is 24.1 Å². The molecule has 1 rings (SSSR count). The molecule has 7 heteroatoms. The summed E-state index contributed by atoms with van der Waals surface area (Å²) >= 11 is 0. The lowest BCUT2D eigenvalue weighted by Crippen LogP contribution is -2.14. The number of alkyl halides is 3. The van der Waals surface area contributed by atoms with Crippen LogP contribution in [0.4, 0.5) is 13.2 Å². The van der Waals surface area contributed by atoms with Crippen molar-refractivity contribution < 1.29 is 32.5 Å². The smallest absolute Gasteiger partial charge is 0.417 e. The fourth-order valence-electron chi connectivity index (χ4n) is 1.57. The molecule has 21 heavy (non-hydrogen) atoms. The van der Waals surface area contributed by atoms with Crippen molar-refractivity contribution in [1.29, 1.82) is 0 Å². The fourth-order valence-corrected chi connectivity index (χ4v) is 1.57. The van der Waals surface area contributed by atoms with Crippen LogP contribution in [0.15, 0.2) is 18.2 Å². The fraction of sp³-hybridized carbons (Fsp3) is 0.500. The lowest BCUT2D eigenvalue weighted by atomic mass is 10.1. The predicted molar refractivity (Wildman–Crippen MR) is 69.6 cm³/mol. The number of rotatable bonds is 7. The van der Waals surface area contributed by atoms with Crippen LogP contribution in [0.5, 0.6) is 5.75 Å². The van der Waals surface area contributed by atoms with Gasteiger partial charge in [0.2, 0.25) is 0 Å². The lowest BCUT2D eigenvalue weighted by molar-refractivity contribution is -0.138. The summed E-state index contributed by atoms with van der Waals surface area (Å²) in [6.45, 7) is 4.83. The second-order valence-electron chi connectivity index (χ2n) is 4.83. The highest BCUT2D eigenvalue weighted by atomic mass is 19.4. The molecule has 0 bridgehead atoms. The highest BCUT2D eigenvalue weighted by Gasteiger charge is 2.35. The Morgan fingerprint density at radius 1 is 1.29 bits per heavy atom. The standard InChI is InChI=1S/C14H17F3O4/c1-9(2)8-20-5-6-21-10-3-4-11(13(18)19)12(7-10)14(15,16)17/h3-4,7,9H,5-6,8H2,1-2H3,(H,18,19). The van der Waals surface area contributed by atoms with Crippen molar-refractivity contribution in [3.8, 4) is 5.75 Å². The third-order valence-corrected chi connectivity index (χ3v) is 2.47. The molecule has 0 aliphatic carbocycles. The molecule has 0 aliphatic heterocycles. The van der Waals surface area contributed by atoms with Crippen LogP contribution in [0, 0.1) is 5.92 Å². The predicted octanol–water partition coefficient (Wildman–Crippen LogP) is 3.46. The third-order valence-electron chi connectivity index (χ3n) is 2.47. The van der Waals surface area contributed by atoms with Crippen molar-refractivity contribution in [2.24, 2.45) is 5.92 Å². The van der Waals surface area contributed by atoms with Gasteiger partial charge in [-0.1, -0.05) is 13.8 Å². The topological polar surface area (TPSA) is 55.8 Å². The number of hydrogen-bond donors (Lipinski definition) is 1. The first-order valence-corrected chi connectivity index (χ1v) is 6.37. The summed E-state index contributed by atoms with van der Waals surface area (Å²) in [6, 6.07) is 2.77. The van der Waals surface area contributed by atoms with Gasteiger partial charge in [-0.25, -0.2) is 4.79 Å². The second-order valence-corrected chi connectivity index (χ2v) is 4.83. The number of benzene rings is 1. The minimum absolute atomic E-state index is 0.0412. The van der Waals surface area contributed by atoms with Gasteiger partial charge in [0.05, 0.1) is 17.7 Å². The quantitative estimate of drug-likeness (QED) is 0.784. The van der Waals surface area contributed by atoms with E-state index in [0.29, 0.717) is 18.6 Å². The normalized spacial score (nSPS) is 11.7. The molecular weight excluding hydrogens is 289 g/mol. The van der Waals surface area contributed by atoms with Crippen molar-refractivity contribution >= 4 is 5.97 Å². The molecule has 1 aromatic rings. The molecule has 0 aromatic heterocycles. The Balaban J connectivity index is 2.71. The van der Waals surface area contributed by atoms with E-state index < -0.39 is 23.3 Å². The Kier molecular flexibility index (Phi) is 6.02. The molecule has 0 atom stereocenters. The summed E-state index contributed by atoms with van der Waals surface area (Å²) in [6.07, 6.45) is -4.75. The van der Waals surface area contributed by atoms with Gasteiger partial charge in [-0.2, -0.15) is 13.2 Å². The molecule has 0 spiro atoms. The Morgan fingerprint density at radius 2 is 1.95 bits per heavy atom. The summed E-state index contributed by atoms with van der Waals surface area (Å²) in [5.41, 5.74) is -2.03. The maximum Gasteiger partial charge on any atom is 0.417 e. The maximum atomic E-state index is 12.8. The molecule has 0 aliphatic rings. The van der Waals surface area contributed by atoms with E-state index in [2.05, 4.69) is 0 Å². The molecule has 0 saturated heterocycles. The van der Waals surface area contributed by atoms with Gasteiger partial charge in [0.15, 0.2) is 0 Å². The molecule has 1 N–H and O–H groups in total. The molecule has 0 fully saturated rings. The number of hydrogen-bond acceptors (Lipinski definition) is 3. The maximum absolute atomic E-state index is 12.8. The monoisotopic (exact) mass is 306 g/mol. The first kappa shape index (κ1) is 17.3. The molecule has 0 heterocycles. The van der Waals surface area contributed by atoms with Gasteiger partial charge in [-0.3, -0.25) is 0 Å². The average Bonchev–Trinajstić information content (AvgIpc) is 2.36. The zero-order valence-corrected chi connectivity index (χ0v) is 11.7. The SMILES string of the molecule is CC(C)COCCOc1ccc(C(=O)O)c(C(F)(F)F)c1. The van der Waals surface area contributed by atoms with Crippen LogP contribution in [0.25, 0.3) is 0 Å². The van der Waals surface area contributed by atoms with Gasteiger partial charge < -0.3 is 14.6 Å². The van der Waals surface area contributed by atoms with E-state index in [-0.39, 0.29) is 19.0 Å². The molecule has 118 valence electrons. The summed E-state index contributed by atoms with van der Waals surface area (Å²) in [5.74, 6) is -1.31. The molecule has 0 radical (unpaired) electrons. The number of ether oxygens (including phenoxy) is 2. The van der Waals surface area contributed by atoms with E-state index in [4.69, 9.17) is 14.6 Å². The van der Waals surface area contributed by atoms with E-state index in [0.717, 1.165) is 6.07 Å². The van der Waals surface area contributed by atoms with Crippen LogP contribution in [-0.2, 0) is 10.9 Å². The number of halogens is 3. The zero-order valence-electron chi connectivity index (χ0n) is 11.7. The van der Waals surface area contributed by atoms with E-state index in [1.165, 1.54) is 6.07 Å². The molecule has 0 unspecified atom stereocenters. The summed E-state index contributed by atoms with van der Waals surface area (Å²) in [4.78, 5) is 10.8. The minimum Gasteiger partial charge on any atom is -0.491 e. The molecule has 4 nitrogen and oxygen atoms in total. The average molecular weight is 306 g/mol. The Morgan fingerprint density at radius 3 is 2.48 bits per heavy atom. The van der Waals surface area contributed by atoms with Gasteiger partial charge in [-0.15, -0.1) is 0 Å². The van der Waals surface area contributed by atoms with E-state index >= 15 is 0 Å². The molecule has 0 saturated carbocycles. The molecule has 1 aromatic carbocycles. The third kappa shape index (κ3) is 5.63. The number of aromatic carboxylic acids is 1. The largest absolute Gasteiger partial charge is 0.491 e. The summed E-state index contributed by atoms with van der Waals surface area (Å²) in [5, 5.41) is 8.76. The van der Waals surface area contributed by atoms with Crippen LogP contribution in [0.1, 0.15) is 29.8 Å². The van der Waals surface area contributed by atoms with Crippen molar-refractivity contribution in [1.82, 2.24) is 0 Å². The van der Waals surface area contributed by atoms with Crippen molar-refractivity contribution in [3.63, 3.8) is 0 Å². The number of carboxylic acid groups (broad SMARTS) is 1. The second kappa shape index (κ2) is 7.31. The van der Waals surface area contributed by atoms with Gasteiger partial charge >= 0.3 is 12.1 Å². The molecular formula is C14H17F3O4. The lowest BCUT2D eigenvalue weighted by Gasteiger charge is -2.13. The van der Waals surface area contributed by atoms with Crippen LogP contribution >= 0.6 is 0 Å². The number of carboxylic acids is 1. The highest BCUT2D eigenvalue weighted by molar-refractivity contribution is 5.89. The first-order chi connectivity index (χ1) is 9.71. The number of carbonyl (C=O) groups is 1. The Labute approximate surface area is 120 Å². The van der Waals surface area contributed by atoms with Crippen molar-refractivity contribution in [2.75, 3.05) is 19.8 Å². The van der Waals surface area contributed by atoms with Crippen molar-refractivity contribution in [3.05, 3.63) is 29.3 Å². The van der Waals surface area contributed by atoms with Crippen LogP contribution in [-0.4, -0.2) is 30.9 Å². The van der Waals surface area contributed by atoms with E-state index in [9.17, 15) is 18.0 Å². The Bertz CT molecular complexity index is 484.